The first-order chi connectivity index (χ1) is 7.04. The standard InChI is InChI=1S/C10H10ClNO3/c1-6(13)10(14)12-9-4-3-7(15-2)5-8(9)11/h3-5H,1-2H3,(H,12,14). The third-order valence-electron chi connectivity index (χ3n) is 1.74. The van der Waals surface area contributed by atoms with Crippen LogP contribution in [0.2, 0.25) is 5.02 Å². The highest BCUT2D eigenvalue weighted by atomic mass is 35.5. The molecule has 1 N–H and O–H groups in total. The van der Waals surface area contributed by atoms with Crippen LogP contribution in [0.1, 0.15) is 6.92 Å². The fraction of sp³-hybridized carbons (Fsp3) is 0.200. The molecule has 80 valence electrons. The van der Waals surface area contributed by atoms with Crippen molar-refractivity contribution in [3.05, 3.63) is 23.2 Å². The Morgan fingerprint density at radius 1 is 1.40 bits per heavy atom. The van der Waals surface area contributed by atoms with Gasteiger partial charge in [0.1, 0.15) is 5.75 Å². The summed E-state index contributed by atoms with van der Waals surface area (Å²) in [5, 5.41) is 2.71. The summed E-state index contributed by atoms with van der Waals surface area (Å²) in [6, 6.07) is 4.76. The van der Waals surface area contributed by atoms with Gasteiger partial charge < -0.3 is 10.1 Å². The fourth-order valence-electron chi connectivity index (χ4n) is 0.935. The maximum absolute atomic E-state index is 11.1. The Labute approximate surface area is 92.2 Å². The molecule has 4 nitrogen and oxygen atoms in total. The number of amides is 1. The van der Waals surface area contributed by atoms with Gasteiger partial charge >= 0.3 is 0 Å². The van der Waals surface area contributed by atoms with Crippen LogP contribution in [0.3, 0.4) is 0 Å². The molecule has 5 heteroatoms. The number of hydrogen-bond acceptors (Lipinski definition) is 3. The molecule has 0 spiro atoms. The highest BCUT2D eigenvalue weighted by molar-refractivity contribution is 6.41. The predicted molar refractivity (Wildman–Crippen MR) is 57.3 cm³/mol. The number of halogens is 1. The molecule has 0 saturated carbocycles. The zero-order valence-electron chi connectivity index (χ0n) is 8.33. The number of Topliss-reactive ketones (excluding diaryl/α,β-unsaturated/α-hetero) is 1. The number of carbonyl (C=O) groups excluding carboxylic acids is 2. The van der Waals surface area contributed by atoms with E-state index in [4.69, 9.17) is 16.3 Å². The number of anilines is 1. The van der Waals surface area contributed by atoms with E-state index in [0.717, 1.165) is 0 Å². The molecule has 15 heavy (non-hydrogen) atoms. The average molecular weight is 228 g/mol. The quantitative estimate of drug-likeness (QED) is 0.803. The number of ether oxygens (including phenoxy) is 1. The molecule has 1 rings (SSSR count). The summed E-state index contributed by atoms with van der Waals surface area (Å²) in [5.74, 6) is -0.676. The Morgan fingerprint density at radius 2 is 2.07 bits per heavy atom. The highest BCUT2D eigenvalue weighted by Gasteiger charge is 2.10. The van der Waals surface area contributed by atoms with Gasteiger partial charge in [-0.2, -0.15) is 0 Å². The molecule has 0 aliphatic heterocycles. The van der Waals surface area contributed by atoms with Gasteiger partial charge in [0, 0.05) is 13.0 Å². The van der Waals surface area contributed by atoms with Gasteiger partial charge in [-0.1, -0.05) is 11.6 Å². The van der Waals surface area contributed by atoms with Gasteiger partial charge in [-0.3, -0.25) is 9.59 Å². The molecule has 1 aromatic rings. The number of rotatable bonds is 3. The van der Waals surface area contributed by atoms with Crippen LogP contribution in [-0.4, -0.2) is 18.8 Å². The van der Waals surface area contributed by atoms with Crippen LogP contribution in [0.25, 0.3) is 0 Å². The first-order valence-corrected chi connectivity index (χ1v) is 4.58. The fourth-order valence-corrected chi connectivity index (χ4v) is 1.15. The number of carbonyl (C=O) groups is 2. The van der Waals surface area contributed by atoms with E-state index >= 15 is 0 Å². The maximum Gasteiger partial charge on any atom is 0.291 e. The van der Waals surface area contributed by atoms with Crippen LogP contribution in [0.15, 0.2) is 18.2 Å². The molecule has 0 saturated heterocycles. The summed E-state index contributed by atoms with van der Waals surface area (Å²) in [5.41, 5.74) is 0.387. The smallest absolute Gasteiger partial charge is 0.291 e. The molecule has 1 amide bonds. The molecular weight excluding hydrogens is 218 g/mol. The third-order valence-corrected chi connectivity index (χ3v) is 2.06. The van der Waals surface area contributed by atoms with Crippen LogP contribution in [-0.2, 0) is 9.59 Å². The topological polar surface area (TPSA) is 55.4 Å². The van der Waals surface area contributed by atoms with Gasteiger partial charge in [0.2, 0.25) is 5.78 Å². The van der Waals surface area contributed by atoms with Crippen molar-refractivity contribution in [3.63, 3.8) is 0 Å². The number of nitrogens with one attached hydrogen (secondary N) is 1. The first-order valence-electron chi connectivity index (χ1n) is 4.20. The van der Waals surface area contributed by atoms with Crippen LogP contribution in [0, 0.1) is 0 Å². The molecule has 0 atom stereocenters. The minimum Gasteiger partial charge on any atom is -0.497 e. The van der Waals surface area contributed by atoms with Crippen molar-refractivity contribution in [2.45, 2.75) is 6.92 Å². The minimum atomic E-state index is -0.693. The molecule has 0 heterocycles. The van der Waals surface area contributed by atoms with E-state index in [-0.39, 0.29) is 0 Å². The SMILES string of the molecule is COc1ccc(NC(=O)C(C)=O)c(Cl)c1. The molecule has 1 aromatic carbocycles. The lowest BCUT2D eigenvalue weighted by Crippen LogP contribution is -2.19. The maximum atomic E-state index is 11.1. The van der Waals surface area contributed by atoms with Crippen LogP contribution < -0.4 is 10.1 Å². The largest absolute Gasteiger partial charge is 0.497 e. The molecule has 0 aromatic heterocycles. The Morgan fingerprint density at radius 3 is 2.53 bits per heavy atom. The Bertz CT molecular complexity index is 404. The molecule has 0 unspecified atom stereocenters. The van der Waals surface area contributed by atoms with Gasteiger partial charge in [-0.15, -0.1) is 0 Å². The van der Waals surface area contributed by atoms with E-state index < -0.39 is 11.7 Å². The molecular formula is C10H10ClNO3. The summed E-state index contributed by atoms with van der Waals surface area (Å²) in [6.45, 7) is 1.19. The Balaban J connectivity index is 2.87. The molecule has 0 fully saturated rings. The molecule has 0 bridgehead atoms. The van der Waals surface area contributed by atoms with Crippen molar-refractivity contribution >= 4 is 29.0 Å². The van der Waals surface area contributed by atoms with E-state index in [1.165, 1.54) is 14.0 Å². The second-order valence-electron chi connectivity index (χ2n) is 2.86. The van der Waals surface area contributed by atoms with E-state index in [1.807, 2.05) is 0 Å². The molecule has 0 aliphatic rings. The lowest BCUT2D eigenvalue weighted by Gasteiger charge is -2.06. The van der Waals surface area contributed by atoms with Crippen LogP contribution >= 0.6 is 11.6 Å². The normalized spacial score (nSPS) is 9.53. The van der Waals surface area contributed by atoms with Crippen molar-refractivity contribution in [1.29, 1.82) is 0 Å². The van der Waals surface area contributed by atoms with Crippen molar-refractivity contribution < 1.29 is 14.3 Å². The first kappa shape index (κ1) is 11.5. The Hall–Kier alpha value is -1.55. The minimum absolute atomic E-state index is 0.323. The summed E-state index contributed by atoms with van der Waals surface area (Å²) >= 11 is 5.85. The average Bonchev–Trinajstić information content (AvgIpc) is 2.20. The van der Waals surface area contributed by atoms with Gasteiger partial charge in [0.15, 0.2) is 0 Å². The number of hydrogen-bond donors (Lipinski definition) is 1. The van der Waals surface area contributed by atoms with Crippen molar-refractivity contribution in [1.82, 2.24) is 0 Å². The van der Waals surface area contributed by atoms with Gasteiger partial charge in [0.05, 0.1) is 17.8 Å². The second-order valence-corrected chi connectivity index (χ2v) is 3.26. The highest BCUT2D eigenvalue weighted by Crippen LogP contribution is 2.26. The summed E-state index contributed by atoms with van der Waals surface area (Å²) in [6.07, 6.45) is 0. The zero-order chi connectivity index (χ0) is 11.4. The lowest BCUT2D eigenvalue weighted by molar-refractivity contribution is -0.133. The van der Waals surface area contributed by atoms with Crippen LogP contribution in [0.5, 0.6) is 5.75 Å². The summed E-state index contributed by atoms with van der Waals surface area (Å²) in [7, 11) is 1.51. The monoisotopic (exact) mass is 227 g/mol. The van der Waals surface area contributed by atoms with E-state index in [1.54, 1.807) is 18.2 Å². The summed E-state index contributed by atoms with van der Waals surface area (Å²) in [4.78, 5) is 21.8. The van der Waals surface area contributed by atoms with Crippen LogP contribution in [0.4, 0.5) is 5.69 Å². The molecule has 0 aliphatic carbocycles. The van der Waals surface area contributed by atoms with Gasteiger partial charge in [-0.05, 0) is 12.1 Å². The Kier molecular flexibility index (Phi) is 3.68. The lowest BCUT2D eigenvalue weighted by atomic mass is 10.3. The number of ketones is 1. The van der Waals surface area contributed by atoms with E-state index in [9.17, 15) is 9.59 Å². The van der Waals surface area contributed by atoms with Crippen molar-refractivity contribution in [2.24, 2.45) is 0 Å². The zero-order valence-corrected chi connectivity index (χ0v) is 9.09. The number of benzene rings is 1. The van der Waals surface area contributed by atoms with Gasteiger partial charge in [0.25, 0.3) is 5.91 Å². The van der Waals surface area contributed by atoms with E-state index in [2.05, 4.69) is 5.32 Å². The summed E-state index contributed by atoms with van der Waals surface area (Å²) < 4.78 is 4.94. The van der Waals surface area contributed by atoms with Crippen molar-refractivity contribution in [2.75, 3.05) is 12.4 Å². The van der Waals surface area contributed by atoms with Crippen molar-refractivity contribution in [3.8, 4) is 5.75 Å². The third kappa shape index (κ3) is 2.95. The van der Waals surface area contributed by atoms with E-state index in [0.29, 0.717) is 16.5 Å². The number of methoxy groups -OCH3 is 1. The molecule has 0 radical (unpaired) electrons. The second kappa shape index (κ2) is 4.79. The van der Waals surface area contributed by atoms with Gasteiger partial charge in [-0.25, -0.2) is 0 Å². The predicted octanol–water partition coefficient (Wildman–Crippen LogP) is 1.88.